The largest absolute Gasteiger partial charge is 0.495 e. The first-order valence-corrected chi connectivity index (χ1v) is 11.6. The summed E-state index contributed by atoms with van der Waals surface area (Å²) in [6.45, 7) is 2.53. The molecule has 1 N–H and O–H groups in total. The molecule has 0 unspecified atom stereocenters. The second kappa shape index (κ2) is 10.2. The lowest BCUT2D eigenvalue weighted by molar-refractivity contribution is 0.0602. The number of anilines is 2. The number of amides is 1. The maximum Gasteiger partial charge on any atom is 0.340 e. The molecule has 1 aliphatic heterocycles. The predicted octanol–water partition coefficient (Wildman–Crippen LogP) is 1.82. The molecule has 3 rings (SSSR count). The number of methoxy groups -OCH3 is 2. The van der Waals surface area contributed by atoms with E-state index in [1.165, 1.54) is 46.5 Å². The maximum absolute atomic E-state index is 13.0. The molecular formula is C22H27N3O7S. The molecular weight excluding hydrogens is 450 g/mol. The Kier molecular flexibility index (Phi) is 7.57. The number of rotatable bonds is 7. The first kappa shape index (κ1) is 24.5. The number of morpholine rings is 1. The first-order valence-electron chi connectivity index (χ1n) is 10.2. The van der Waals surface area contributed by atoms with Gasteiger partial charge in [0.1, 0.15) is 10.6 Å². The van der Waals surface area contributed by atoms with Crippen LogP contribution in [0.4, 0.5) is 11.4 Å². The lowest BCUT2D eigenvalue weighted by atomic mass is 10.1. The molecule has 2 aromatic rings. The van der Waals surface area contributed by atoms with Crippen LogP contribution in [0.25, 0.3) is 0 Å². The van der Waals surface area contributed by atoms with Gasteiger partial charge < -0.3 is 24.4 Å². The summed E-state index contributed by atoms with van der Waals surface area (Å²) in [6.07, 6.45) is 0. The van der Waals surface area contributed by atoms with Gasteiger partial charge in [0.05, 0.1) is 38.7 Å². The van der Waals surface area contributed by atoms with E-state index in [4.69, 9.17) is 14.2 Å². The van der Waals surface area contributed by atoms with Crippen LogP contribution in [-0.4, -0.2) is 79.2 Å². The molecule has 0 spiro atoms. The van der Waals surface area contributed by atoms with Crippen molar-refractivity contribution in [2.75, 3.05) is 64.8 Å². The van der Waals surface area contributed by atoms with E-state index in [2.05, 4.69) is 10.2 Å². The number of nitrogens with one attached hydrogen (secondary N) is 1. The molecule has 1 amide bonds. The van der Waals surface area contributed by atoms with Gasteiger partial charge in [0, 0.05) is 38.4 Å². The van der Waals surface area contributed by atoms with Crippen LogP contribution in [-0.2, 0) is 19.5 Å². The average molecular weight is 478 g/mol. The molecule has 11 heteroatoms. The number of hydrogen-bond acceptors (Lipinski definition) is 8. The highest BCUT2D eigenvalue weighted by atomic mass is 32.2. The van der Waals surface area contributed by atoms with Crippen molar-refractivity contribution in [2.45, 2.75) is 4.90 Å². The Labute approximate surface area is 193 Å². The lowest BCUT2D eigenvalue weighted by Gasteiger charge is -2.29. The van der Waals surface area contributed by atoms with Crippen LogP contribution in [0.5, 0.6) is 5.75 Å². The number of ether oxygens (including phenoxy) is 3. The van der Waals surface area contributed by atoms with Crippen LogP contribution < -0.4 is 15.0 Å². The standard InChI is InChI=1S/C22H27N3O7S/c1-24(2)33(28,29)20-13-15(5-8-19(20)30-3)21(26)23-18-7-6-16(14-17(18)22(27)31-4)25-9-11-32-12-10-25/h5-8,13-14H,9-12H2,1-4H3,(H,23,26). The molecule has 0 bridgehead atoms. The van der Waals surface area contributed by atoms with Crippen LogP contribution in [0.1, 0.15) is 20.7 Å². The maximum atomic E-state index is 13.0. The fourth-order valence-electron chi connectivity index (χ4n) is 3.35. The van der Waals surface area contributed by atoms with E-state index in [0.717, 1.165) is 9.99 Å². The lowest BCUT2D eigenvalue weighted by Crippen LogP contribution is -2.36. The van der Waals surface area contributed by atoms with Crippen molar-refractivity contribution in [3.63, 3.8) is 0 Å². The van der Waals surface area contributed by atoms with Crippen molar-refractivity contribution >= 4 is 33.3 Å². The Morgan fingerprint density at radius 3 is 2.36 bits per heavy atom. The first-order chi connectivity index (χ1) is 15.7. The van der Waals surface area contributed by atoms with E-state index >= 15 is 0 Å². The highest BCUT2D eigenvalue weighted by molar-refractivity contribution is 7.89. The molecule has 0 aromatic heterocycles. The molecule has 1 saturated heterocycles. The minimum Gasteiger partial charge on any atom is -0.495 e. The van der Waals surface area contributed by atoms with Crippen molar-refractivity contribution in [1.82, 2.24) is 4.31 Å². The van der Waals surface area contributed by atoms with E-state index in [9.17, 15) is 18.0 Å². The summed E-state index contributed by atoms with van der Waals surface area (Å²) in [5.74, 6) is -1.08. The Bertz CT molecular complexity index is 1140. The fourth-order valence-corrected chi connectivity index (χ4v) is 4.42. The van der Waals surface area contributed by atoms with E-state index in [1.807, 2.05) is 0 Å². The van der Waals surface area contributed by atoms with E-state index in [0.29, 0.717) is 26.3 Å². The Hall–Kier alpha value is -3.15. The zero-order valence-corrected chi connectivity index (χ0v) is 19.8. The smallest absolute Gasteiger partial charge is 0.340 e. The van der Waals surface area contributed by atoms with E-state index < -0.39 is 21.9 Å². The van der Waals surface area contributed by atoms with Gasteiger partial charge in [-0.1, -0.05) is 0 Å². The summed E-state index contributed by atoms with van der Waals surface area (Å²) in [4.78, 5) is 27.3. The van der Waals surface area contributed by atoms with Crippen molar-refractivity contribution in [2.24, 2.45) is 0 Å². The third-order valence-corrected chi connectivity index (χ3v) is 7.05. The van der Waals surface area contributed by atoms with Gasteiger partial charge in [-0.05, 0) is 36.4 Å². The van der Waals surface area contributed by atoms with E-state index in [1.54, 1.807) is 18.2 Å². The van der Waals surface area contributed by atoms with Crippen molar-refractivity contribution in [3.8, 4) is 5.75 Å². The molecule has 2 aromatic carbocycles. The van der Waals surface area contributed by atoms with Gasteiger partial charge >= 0.3 is 5.97 Å². The summed E-state index contributed by atoms with van der Waals surface area (Å²) < 4.78 is 41.8. The van der Waals surface area contributed by atoms with Gasteiger partial charge in [-0.15, -0.1) is 0 Å². The normalized spacial score (nSPS) is 14.2. The SMILES string of the molecule is COC(=O)c1cc(N2CCOCC2)ccc1NC(=O)c1ccc(OC)c(S(=O)(=O)N(C)C)c1. The summed E-state index contributed by atoms with van der Waals surface area (Å²) in [5, 5.41) is 2.69. The monoisotopic (exact) mass is 477 g/mol. The minimum atomic E-state index is -3.85. The molecule has 0 atom stereocenters. The van der Waals surface area contributed by atoms with Gasteiger partial charge in [-0.25, -0.2) is 17.5 Å². The van der Waals surface area contributed by atoms with E-state index in [-0.39, 0.29) is 27.5 Å². The molecule has 1 fully saturated rings. The number of sulfonamides is 1. The van der Waals surface area contributed by atoms with Gasteiger partial charge in [0.25, 0.3) is 5.91 Å². The molecule has 10 nitrogen and oxygen atoms in total. The summed E-state index contributed by atoms with van der Waals surface area (Å²) in [6, 6.07) is 9.17. The number of hydrogen-bond donors (Lipinski definition) is 1. The highest BCUT2D eigenvalue weighted by Crippen LogP contribution is 2.29. The molecule has 0 radical (unpaired) electrons. The molecule has 0 aliphatic carbocycles. The highest BCUT2D eigenvalue weighted by Gasteiger charge is 2.25. The van der Waals surface area contributed by atoms with Gasteiger partial charge in [-0.2, -0.15) is 0 Å². The Balaban J connectivity index is 1.94. The molecule has 1 heterocycles. The van der Waals surface area contributed by atoms with Crippen LogP contribution >= 0.6 is 0 Å². The number of carbonyl (C=O) groups excluding carboxylic acids is 2. The van der Waals surface area contributed by atoms with Crippen LogP contribution in [0.2, 0.25) is 0 Å². The zero-order chi connectivity index (χ0) is 24.2. The number of benzene rings is 2. The van der Waals surface area contributed by atoms with Crippen LogP contribution in [0.3, 0.4) is 0 Å². The minimum absolute atomic E-state index is 0.0873. The zero-order valence-electron chi connectivity index (χ0n) is 19.0. The third-order valence-electron chi connectivity index (χ3n) is 5.22. The quantitative estimate of drug-likeness (QED) is 0.601. The Morgan fingerprint density at radius 2 is 1.76 bits per heavy atom. The molecule has 33 heavy (non-hydrogen) atoms. The summed E-state index contributed by atoms with van der Waals surface area (Å²) in [5.41, 5.74) is 1.32. The summed E-state index contributed by atoms with van der Waals surface area (Å²) in [7, 11) is 1.54. The third kappa shape index (κ3) is 5.27. The topological polar surface area (TPSA) is 114 Å². The van der Waals surface area contributed by atoms with Gasteiger partial charge in [-0.3, -0.25) is 4.79 Å². The van der Waals surface area contributed by atoms with Gasteiger partial charge in [0.2, 0.25) is 10.0 Å². The van der Waals surface area contributed by atoms with Gasteiger partial charge in [0.15, 0.2) is 0 Å². The molecule has 0 saturated carbocycles. The Morgan fingerprint density at radius 1 is 1.06 bits per heavy atom. The molecule has 1 aliphatic rings. The van der Waals surface area contributed by atoms with Crippen molar-refractivity contribution in [3.05, 3.63) is 47.5 Å². The van der Waals surface area contributed by atoms with Crippen LogP contribution in [0.15, 0.2) is 41.3 Å². The number of nitrogens with zero attached hydrogens (tertiary/aromatic N) is 2. The average Bonchev–Trinajstić information content (AvgIpc) is 2.83. The second-order valence-electron chi connectivity index (χ2n) is 7.43. The molecule has 178 valence electrons. The van der Waals surface area contributed by atoms with Crippen molar-refractivity contribution in [1.29, 1.82) is 0 Å². The number of esters is 1. The van der Waals surface area contributed by atoms with Crippen molar-refractivity contribution < 1.29 is 32.2 Å². The fraction of sp³-hybridized carbons (Fsp3) is 0.364. The predicted molar refractivity (Wildman–Crippen MR) is 123 cm³/mol. The van der Waals surface area contributed by atoms with Crippen LogP contribution in [0, 0.1) is 0 Å². The summed E-state index contributed by atoms with van der Waals surface area (Å²) >= 11 is 0. The second-order valence-corrected chi connectivity index (χ2v) is 9.55. The number of carbonyl (C=O) groups is 2.